The summed E-state index contributed by atoms with van der Waals surface area (Å²) in [7, 11) is 0. The van der Waals surface area contributed by atoms with Crippen LogP contribution in [-0.2, 0) is 16.6 Å². The summed E-state index contributed by atoms with van der Waals surface area (Å²) < 4.78 is 43.9. The highest BCUT2D eigenvalue weighted by molar-refractivity contribution is 7.11. The molecule has 0 unspecified atom stereocenters. The lowest BCUT2D eigenvalue weighted by Crippen LogP contribution is -2.16. The van der Waals surface area contributed by atoms with Gasteiger partial charge >= 0.3 is 12.1 Å². The van der Waals surface area contributed by atoms with E-state index in [0.717, 1.165) is 39.6 Å². The maximum absolute atomic E-state index is 12.6. The summed E-state index contributed by atoms with van der Waals surface area (Å²) in [4.78, 5) is 11.8. The molecule has 1 heterocycles. The van der Waals surface area contributed by atoms with Crippen molar-refractivity contribution in [1.82, 2.24) is 0 Å². The lowest BCUT2D eigenvalue weighted by molar-refractivity contribution is -0.136. The number of benzene rings is 1. The van der Waals surface area contributed by atoms with Crippen LogP contribution in [0, 0.1) is 0 Å². The van der Waals surface area contributed by atoms with Crippen molar-refractivity contribution in [1.29, 1.82) is 0 Å². The van der Waals surface area contributed by atoms with Crippen LogP contribution in [0.15, 0.2) is 41.3 Å². The predicted octanol–water partition coefficient (Wildman–Crippen LogP) is 8.04. The van der Waals surface area contributed by atoms with Crippen molar-refractivity contribution < 1.29 is 27.8 Å². The van der Waals surface area contributed by atoms with Gasteiger partial charge in [-0.1, -0.05) is 39.8 Å². The number of thiophene rings is 1. The number of carboxylic acids is 1. The Bertz CT molecular complexity index is 1020. The fourth-order valence-corrected chi connectivity index (χ4v) is 4.18. The third-order valence-corrected chi connectivity index (χ3v) is 5.93. The monoisotopic (exact) mass is 480 g/mol. The van der Waals surface area contributed by atoms with Gasteiger partial charge in [0, 0.05) is 34.1 Å². The Labute approximate surface area is 197 Å². The molecular weight excluding hydrogens is 449 g/mol. The number of allylic oxidation sites excluding steroid dienone is 2. The Kier molecular flexibility index (Phi) is 8.95. The van der Waals surface area contributed by atoms with E-state index in [0.29, 0.717) is 11.3 Å². The number of aliphatic carboxylic acids is 1. The molecule has 3 nitrogen and oxygen atoms in total. The van der Waals surface area contributed by atoms with E-state index in [-0.39, 0.29) is 18.4 Å². The van der Waals surface area contributed by atoms with E-state index in [4.69, 9.17) is 9.84 Å². The van der Waals surface area contributed by atoms with Crippen molar-refractivity contribution in [3.8, 4) is 16.9 Å². The number of carboxylic acid groups (broad SMARTS) is 1. The van der Waals surface area contributed by atoms with Crippen LogP contribution in [0.25, 0.3) is 17.2 Å². The van der Waals surface area contributed by atoms with Gasteiger partial charge < -0.3 is 9.84 Å². The first kappa shape index (κ1) is 26.7. The van der Waals surface area contributed by atoms with E-state index in [1.165, 1.54) is 11.3 Å². The second kappa shape index (κ2) is 11.1. The average Bonchev–Trinajstić information content (AvgIpc) is 3.15. The van der Waals surface area contributed by atoms with Crippen LogP contribution in [0.5, 0.6) is 5.75 Å². The number of hydrogen-bond acceptors (Lipinski definition) is 3. The van der Waals surface area contributed by atoms with Gasteiger partial charge in [0.15, 0.2) is 0 Å². The first-order chi connectivity index (χ1) is 15.3. The normalized spacial score (nSPS) is 13.0. The average molecular weight is 481 g/mol. The SMILES string of the molecule is CCc1cc(-c2ccsc2/C=C/C(C)=C/C(=O)O)c(OCCCC(F)(F)F)c(C(C)(C)C)c1. The Hall–Kier alpha value is -2.54. The summed E-state index contributed by atoms with van der Waals surface area (Å²) in [6, 6.07) is 6.07. The van der Waals surface area contributed by atoms with Crippen LogP contribution in [-0.4, -0.2) is 23.9 Å². The van der Waals surface area contributed by atoms with Gasteiger partial charge in [0.05, 0.1) is 6.61 Å². The van der Waals surface area contributed by atoms with Crippen molar-refractivity contribution in [2.75, 3.05) is 6.61 Å². The maximum Gasteiger partial charge on any atom is 0.389 e. The number of hydrogen-bond donors (Lipinski definition) is 1. The highest BCUT2D eigenvalue weighted by Crippen LogP contribution is 2.43. The van der Waals surface area contributed by atoms with Gasteiger partial charge in [-0.15, -0.1) is 11.3 Å². The summed E-state index contributed by atoms with van der Waals surface area (Å²) in [5, 5.41) is 10.9. The minimum absolute atomic E-state index is 0.0309. The largest absolute Gasteiger partial charge is 0.493 e. The number of alkyl halides is 3. The number of ether oxygens (including phenoxy) is 1. The van der Waals surface area contributed by atoms with Crippen LogP contribution < -0.4 is 4.74 Å². The highest BCUT2D eigenvalue weighted by atomic mass is 32.1. The van der Waals surface area contributed by atoms with Crippen LogP contribution in [0.3, 0.4) is 0 Å². The molecule has 2 rings (SSSR count). The molecule has 0 bridgehead atoms. The van der Waals surface area contributed by atoms with Crippen molar-refractivity contribution in [3.05, 3.63) is 57.3 Å². The molecule has 0 saturated heterocycles. The fourth-order valence-electron chi connectivity index (χ4n) is 3.37. The lowest BCUT2D eigenvalue weighted by Gasteiger charge is -2.26. The summed E-state index contributed by atoms with van der Waals surface area (Å²) in [6.07, 6.45) is 0.324. The molecule has 0 aliphatic heterocycles. The second-order valence-electron chi connectivity index (χ2n) is 8.95. The molecule has 0 aliphatic carbocycles. The van der Waals surface area contributed by atoms with E-state index in [1.54, 1.807) is 13.0 Å². The first-order valence-electron chi connectivity index (χ1n) is 10.9. The Balaban J connectivity index is 2.55. The van der Waals surface area contributed by atoms with Gasteiger partial charge in [-0.05, 0) is 59.9 Å². The third-order valence-electron chi connectivity index (χ3n) is 5.05. The quantitative estimate of drug-likeness (QED) is 0.224. The molecule has 33 heavy (non-hydrogen) atoms. The first-order valence-corrected chi connectivity index (χ1v) is 11.7. The van der Waals surface area contributed by atoms with Gasteiger partial charge in [0.2, 0.25) is 0 Å². The molecule has 0 atom stereocenters. The zero-order valence-corrected chi connectivity index (χ0v) is 20.5. The zero-order chi connectivity index (χ0) is 24.8. The number of rotatable bonds is 9. The zero-order valence-electron chi connectivity index (χ0n) is 19.7. The van der Waals surface area contributed by atoms with E-state index < -0.39 is 18.6 Å². The van der Waals surface area contributed by atoms with Crippen molar-refractivity contribution >= 4 is 23.4 Å². The van der Waals surface area contributed by atoms with Crippen molar-refractivity contribution in [2.45, 2.75) is 65.5 Å². The van der Waals surface area contributed by atoms with Crippen molar-refractivity contribution in [3.63, 3.8) is 0 Å². The van der Waals surface area contributed by atoms with E-state index >= 15 is 0 Å². The molecule has 180 valence electrons. The van der Waals surface area contributed by atoms with Gasteiger partial charge in [-0.25, -0.2) is 4.79 Å². The minimum Gasteiger partial charge on any atom is -0.493 e. The third kappa shape index (κ3) is 8.07. The minimum atomic E-state index is -4.21. The van der Waals surface area contributed by atoms with Crippen LogP contribution >= 0.6 is 11.3 Å². The molecular formula is C26H31F3O3S. The number of halogens is 3. The molecule has 0 spiro atoms. The fraction of sp³-hybridized carbons (Fsp3) is 0.423. The molecule has 0 amide bonds. The topological polar surface area (TPSA) is 46.5 Å². The Morgan fingerprint density at radius 2 is 1.88 bits per heavy atom. The second-order valence-corrected chi connectivity index (χ2v) is 9.90. The standard InChI is InChI=1S/C26H31F3O3S/c1-6-18-15-20(19-10-13-33-22(19)9-8-17(2)14-23(30)31)24(21(16-18)25(3,4)5)32-12-7-11-26(27,28)29/h8-10,13-16H,6-7,11-12H2,1-5H3,(H,30,31)/b9-8+,17-14+. The number of carbonyl (C=O) groups is 1. The molecule has 0 radical (unpaired) electrons. The lowest BCUT2D eigenvalue weighted by atomic mass is 9.82. The molecule has 0 aliphatic rings. The summed E-state index contributed by atoms with van der Waals surface area (Å²) in [6.45, 7) is 9.91. The Morgan fingerprint density at radius 1 is 1.18 bits per heavy atom. The predicted molar refractivity (Wildman–Crippen MR) is 129 cm³/mol. The Morgan fingerprint density at radius 3 is 2.45 bits per heavy atom. The van der Waals surface area contributed by atoms with Gasteiger partial charge in [0.25, 0.3) is 0 Å². The molecule has 0 saturated carbocycles. The van der Waals surface area contributed by atoms with E-state index in [1.807, 2.05) is 23.6 Å². The van der Waals surface area contributed by atoms with Gasteiger partial charge in [-0.3, -0.25) is 0 Å². The molecule has 1 aromatic carbocycles. The molecule has 7 heteroatoms. The smallest absolute Gasteiger partial charge is 0.389 e. The maximum atomic E-state index is 12.6. The van der Waals surface area contributed by atoms with Crippen LogP contribution in [0.2, 0.25) is 0 Å². The summed E-state index contributed by atoms with van der Waals surface area (Å²) >= 11 is 1.51. The van der Waals surface area contributed by atoms with E-state index in [2.05, 4.69) is 33.8 Å². The van der Waals surface area contributed by atoms with Gasteiger partial charge in [-0.2, -0.15) is 13.2 Å². The van der Waals surface area contributed by atoms with Crippen LogP contribution in [0.1, 0.15) is 63.5 Å². The molecule has 1 aromatic heterocycles. The highest BCUT2D eigenvalue weighted by Gasteiger charge is 2.27. The summed E-state index contributed by atoms with van der Waals surface area (Å²) in [5.41, 5.74) is 4.14. The molecule has 2 aromatic rings. The number of aryl methyl sites for hydroxylation is 1. The molecule has 1 N–H and O–H groups in total. The molecule has 0 fully saturated rings. The van der Waals surface area contributed by atoms with Crippen LogP contribution in [0.4, 0.5) is 13.2 Å². The summed E-state index contributed by atoms with van der Waals surface area (Å²) in [5.74, 6) is -0.406. The van der Waals surface area contributed by atoms with E-state index in [9.17, 15) is 18.0 Å². The van der Waals surface area contributed by atoms with Gasteiger partial charge in [0.1, 0.15) is 5.75 Å². The van der Waals surface area contributed by atoms with Crippen molar-refractivity contribution in [2.24, 2.45) is 0 Å².